The van der Waals surface area contributed by atoms with E-state index in [0.717, 1.165) is 35.0 Å². The van der Waals surface area contributed by atoms with Crippen LogP contribution in [0.25, 0.3) is 15.7 Å². The lowest BCUT2D eigenvalue weighted by Gasteiger charge is -2.20. The van der Waals surface area contributed by atoms with Crippen molar-refractivity contribution in [2.45, 2.75) is 39.3 Å². The number of hydrogen-bond donors (Lipinski definition) is 2. The summed E-state index contributed by atoms with van der Waals surface area (Å²) in [5.74, 6) is -0.254. The molecular weight excluding hydrogens is 316 g/mol. The second-order valence-electron chi connectivity index (χ2n) is 6.64. The SMILES string of the molecule is [C-]#[N+][C@@H]1CCCN1C(=O)[C@H](C)Cc1c[nH]c2ccc(NC(C)=O)cc12. The average molecular weight is 338 g/mol. The molecule has 0 spiro atoms. The van der Waals surface area contributed by atoms with Gasteiger partial charge in [0.2, 0.25) is 11.8 Å². The van der Waals surface area contributed by atoms with E-state index in [4.69, 9.17) is 6.57 Å². The van der Waals surface area contributed by atoms with Crippen LogP contribution in [0.2, 0.25) is 0 Å². The molecule has 0 aliphatic carbocycles. The summed E-state index contributed by atoms with van der Waals surface area (Å²) in [6.45, 7) is 11.3. The predicted molar refractivity (Wildman–Crippen MR) is 96.8 cm³/mol. The number of fused-ring (bicyclic) bond motifs is 1. The Morgan fingerprint density at radius 3 is 3.00 bits per heavy atom. The van der Waals surface area contributed by atoms with Crippen molar-refractivity contribution in [1.29, 1.82) is 0 Å². The van der Waals surface area contributed by atoms with Crippen LogP contribution in [0.4, 0.5) is 5.69 Å². The maximum atomic E-state index is 12.7. The summed E-state index contributed by atoms with van der Waals surface area (Å²) in [4.78, 5) is 32.5. The van der Waals surface area contributed by atoms with Crippen LogP contribution in [0.3, 0.4) is 0 Å². The number of likely N-dealkylation sites (tertiary alicyclic amines) is 1. The number of nitrogens with zero attached hydrogens (tertiary/aromatic N) is 2. The number of aromatic amines is 1. The van der Waals surface area contributed by atoms with Crippen LogP contribution < -0.4 is 5.32 Å². The van der Waals surface area contributed by atoms with Crippen molar-refractivity contribution < 1.29 is 9.59 Å². The lowest BCUT2D eigenvalue weighted by atomic mass is 9.99. The third-order valence-electron chi connectivity index (χ3n) is 4.69. The summed E-state index contributed by atoms with van der Waals surface area (Å²) >= 11 is 0. The molecule has 3 rings (SSSR count). The molecule has 2 aromatic rings. The Morgan fingerprint density at radius 2 is 2.28 bits per heavy atom. The predicted octanol–water partition coefficient (Wildman–Crippen LogP) is 3.17. The van der Waals surface area contributed by atoms with Gasteiger partial charge in [-0.2, -0.15) is 0 Å². The molecule has 6 nitrogen and oxygen atoms in total. The minimum Gasteiger partial charge on any atom is -0.361 e. The molecule has 1 aromatic carbocycles. The summed E-state index contributed by atoms with van der Waals surface area (Å²) in [5.41, 5.74) is 2.76. The Balaban J connectivity index is 1.79. The highest BCUT2D eigenvalue weighted by Gasteiger charge is 2.35. The first-order chi connectivity index (χ1) is 12.0. The summed E-state index contributed by atoms with van der Waals surface area (Å²) in [7, 11) is 0. The Hall–Kier alpha value is -2.81. The summed E-state index contributed by atoms with van der Waals surface area (Å²) in [6, 6.07) is 5.70. The maximum absolute atomic E-state index is 12.7. The topological polar surface area (TPSA) is 69.6 Å². The van der Waals surface area contributed by atoms with Crippen LogP contribution in [0.1, 0.15) is 32.3 Å². The Labute approximate surface area is 147 Å². The van der Waals surface area contributed by atoms with Gasteiger partial charge in [0.1, 0.15) is 0 Å². The van der Waals surface area contributed by atoms with Crippen LogP contribution >= 0.6 is 0 Å². The number of H-pyrrole nitrogens is 1. The van der Waals surface area contributed by atoms with Crippen molar-refractivity contribution in [3.05, 3.63) is 41.4 Å². The van der Waals surface area contributed by atoms with Gasteiger partial charge in [-0.3, -0.25) is 19.3 Å². The van der Waals surface area contributed by atoms with E-state index in [1.807, 2.05) is 31.3 Å². The number of nitrogens with one attached hydrogen (secondary N) is 2. The fraction of sp³-hybridized carbons (Fsp3) is 0.421. The second kappa shape index (κ2) is 6.98. The van der Waals surface area contributed by atoms with Gasteiger partial charge in [-0.15, -0.1) is 0 Å². The van der Waals surface area contributed by atoms with Crippen LogP contribution in [0.15, 0.2) is 24.4 Å². The highest BCUT2D eigenvalue weighted by atomic mass is 16.2. The molecule has 130 valence electrons. The van der Waals surface area contributed by atoms with E-state index in [1.54, 1.807) is 4.90 Å². The minimum atomic E-state index is -0.302. The van der Waals surface area contributed by atoms with Crippen molar-refractivity contribution in [3.8, 4) is 0 Å². The molecule has 1 saturated heterocycles. The van der Waals surface area contributed by atoms with Crippen LogP contribution in [-0.4, -0.2) is 34.4 Å². The molecule has 1 aliphatic rings. The molecule has 0 unspecified atom stereocenters. The molecule has 0 saturated carbocycles. The molecule has 2 N–H and O–H groups in total. The first-order valence-corrected chi connectivity index (χ1v) is 8.54. The highest BCUT2D eigenvalue weighted by molar-refractivity contribution is 5.93. The summed E-state index contributed by atoms with van der Waals surface area (Å²) in [5, 5.41) is 3.80. The quantitative estimate of drug-likeness (QED) is 0.841. The number of aromatic nitrogens is 1. The first-order valence-electron chi connectivity index (χ1n) is 8.54. The second-order valence-corrected chi connectivity index (χ2v) is 6.64. The molecule has 1 aliphatic heterocycles. The third-order valence-corrected chi connectivity index (χ3v) is 4.69. The van der Waals surface area contributed by atoms with Gasteiger partial charge in [0.05, 0.1) is 0 Å². The summed E-state index contributed by atoms with van der Waals surface area (Å²) in [6.07, 6.45) is 3.89. The first kappa shape index (κ1) is 17.0. The lowest BCUT2D eigenvalue weighted by Crippen LogP contribution is -2.38. The zero-order valence-corrected chi connectivity index (χ0v) is 14.5. The maximum Gasteiger partial charge on any atom is 0.300 e. The number of benzene rings is 1. The Morgan fingerprint density at radius 1 is 1.48 bits per heavy atom. The molecular formula is C19H22N4O2. The number of hydrogen-bond acceptors (Lipinski definition) is 2. The Kier molecular flexibility index (Phi) is 4.75. The molecule has 0 radical (unpaired) electrons. The highest BCUT2D eigenvalue weighted by Crippen LogP contribution is 2.27. The molecule has 2 atom stereocenters. The summed E-state index contributed by atoms with van der Waals surface area (Å²) < 4.78 is 0. The van der Waals surface area contributed by atoms with Crippen molar-refractivity contribution in [1.82, 2.24) is 9.88 Å². The Bertz CT molecular complexity index is 849. The van der Waals surface area contributed by atoms with E-state index < -0.39 is 0 Å². The van der Waals surface area contributed by atoms with Crippen LogP contribution in [0, 0.1) is 12.5 Å². The van der Waals surface area contributed by atoms with Gasteiger partial charge in [-0.25, -0.2) is 6.57 Å². The van der Waals surface area contributed by atoms with E-state index in [-0.39, 0.29) is 23.9 Å². The van der Waals surface area contributed by atoms with Crippen LogP contribution in [0.5, 0.6) is 0 Å². The molecule has 6 heteroatoms. The number of anilines is 1. The molecule has 25 heavy (non-hydrogen) atoms. The average Bonchev–Trinajstić information content (AvgIpc) is 3.20. The number of carbonyl (C=O) groups excluding carboxylic acids is 2. The number of carbonyl (C=O) groups is 2. The van der Waals surface area contributed by atoms with Gasteiger partial charge < -0.3 is 10.3 Å². The largest absolute Gasteiger partial charge is 0.361 e. The van der Waals surface area contributed by atoms with Gasteiger partial charge in [-0.05, 0) is 36.6 Å². The molecule has 2 heterocycles. The fourth-order valence-corrected chi connectivity index (χ4v) is 3.47. The van der Waals surface area contributed by atoms with Gasteiger partial charge in [0, 0.05) is 48.6 Å². The van der Waals surface area contributed by atoms with E-state index in [2.05, 4.69) is 15.1 Å². The van der Waals surface area contributed by atoms with Crippen molar-refractivity contribution in [2.75, 3.05) is 11.9 Å². The van der Waals surface area contributed by atoms with E-state index in [9.17, 15) is 9.59 Å². The van der Waals surface area contributed by atoms with Crippen molar-refractivity contribution >= 4 is 28.4 Å². The number of amides is 2. The lowest BCUT2D eigenvalue weighted by molar-refractivity contribution is -0.135. The van der Waals surface area contributed by atoms with Gasteiger partial charge in [0.25, 0.3) is 0 Å². The van der Waals surface area contributed by atoms with E-state index in [1.165, 1.54) is 6.92 Å². The van der Waals surface area contributed by atoms with Gasteiger partial charge in [-0.1, -0.05) is 6.92 Å². The van der Waals surface area contributed by atoms with Crippen molar-refractivity contribution in [2.24, 2.45) is 5.92 Å². The fourth-order valence-electron chi connectivity index (χ4n) is 3.47. The van der Waals surface area contributed by atoms with Gasteiger partial charge >= 0.3 is 6.17 Å². The smallest absolute Gasteiger partial charge is 0.300 e. The van der Waals surface area contributed by atoms with Gasteiger partial charge in [0.15, 0.2) is 0 Å². The third kappa shape index (κ3) is 3.50. The zero-order valence-electron chi connectivity index (χ0n) is 14.5. The zero-order chi connectivity index (χ0) is 18.0. The standard InChI is InChI=1S/C19H22N4O2/c1-12(19(25)23-8-4-5-18(23)20-3)9-14-11-21-17-7-6-15(10-16(14)17)22-13(2)24/h6-7,10-12,18,21H,4-5,8-9H2,1-2H3,(H,22,24)/t12-,18+/m1/s1. The van der Waals surface area contributed by atoms with Crippen LogP contribution in [-0.2, 0) is 16.0 Å². The van der Waals surface area contributed by atoms with E-state index in [0.29, 0.717) is 13.0 Å². The molecule has 1 fully saturated rings. The monoisotopic (exact) mass is 338 g/mol. The van der Waals surface area contributed by atoms with E-state index >= 15 is 0 Å². The normalized spacial score (nSPS) is 18.1. The molecule has 1 aromatic heterocycles. The van der Waals surface area contributed by atoms with Crippen molar-refractivity contribution in [3.63, 3.8) is 0 Å². The minimum absolute atomic E-state index is 0.0471. The molecule has 0 bridgehead atoms. The molecule has 2 amide bonds. The number of rotatable bonds is 4.